The van der Waals surface area contributed by atoms with Gasteiger partial charge in [0.1, 0.15) is 6.61 Å². The summed E-state index contributed by atoms with van der Waals surface area (Å²) in [4.78, 5) is 12.1. The van der Waals surface area contributed by atoms with Crippen LogP contribution in [0.2, 0.25) is 0 Å². The van der Waals surface area contributed by atoms with Gasteiger partial charge in [0.15, 0.2) is 0 Å². The lowest BCUT2D eigenvalue weighted by Gasteiger charge is -2.43. The van der Waals surface area contributed by atoms with E-state index in [1.54, 1.807) is 24.3 Å². The minimum absolute atomic E-state index is 0.0289. The number of esters is 1. The van der Waals surface area contributed by atoms with E-state index in [2.05, 4.69) is 6.92 Å². The van der Waals surface area contributed by atoms with Gasteiger partial charge in [-0.15, -0.1) is 0 Å². The van der Waals surface area contributed by atoms with E-state index in [-0.39, 0.29) is 30.5 Å². The van der Waals surface area contributed by atoms with Crippen LogP contribution in [0, 0.1) is 23.2 Å². The van der Waals surface area contributed by atoms with Crippen molar-refractivity contribution < 1.29 is 19.0 Å². The molecular formula is C18H22Cl3NO4. The third kappa shape index (κ3) is 5.26. The zero-order valence-corrected chi connectivity index (χ0v) is 17.0. The molecule has 1 heterocycles. The van der Waals surface area contributed by atoms with Crippen molar-refractivity contribution in [2.24, 2.45) is 17.8 Å². The molecule has 0 amide bonds. The molecule has 1 aliphatic heterocycles. The van der Waals surface area contributed by atoms with Crippen molar-refractivity contribution in [1.29, 1.82) is 5.41 Å². The van der Waals surface area contributed by atoms with Crippen molar-refractivity contribution in [3.8, 4) is 0 Å². The molecule has 144 valence electrons. The van der Waals surface area contributed by atoms with Crippen LogP contribution in [0.5, 0.6) is 0 Å². The van der Waals surface area contributed by atoms with E-state index in [0.717, 1.165) is 0 Å². The second kappa shape index (κ2) is 8.79. The molecule has 1 aromatic carbocycles. The Labute approximate surface area is 168 Å². The molecule has 0 saturated carbocycles. The van der Waals surface area contributed by atoms with E-state index in [1.807, 2.05) is 19.9 Å². The quantitative estimate of drug-likeness (QED) is 0.326. The van der Waals surface area contributed by atoms with Gasteiger partial charge in [0.2, 0.25) is 12.2 Å². The van der Waals surface area contributed by atoms with Crippen LogP contribution in [0.1, 0.15) is 31.1 Å². The molecule has 0 aliphatic carbocycles. The normalized spacial score (nSPS) is 29.1. The maximum absolute atomic E-state index is 12.1. The fraction of sp³-hybridized carbons (Fsp3) is 0.556. The highest BCUT2D eigenvalue weighted by Crippen LogP contribution is 2.37. The van der Waals surface area contributed by atoms with Crippen LogP contribution in [0.3, 0.4) is 0 Å². The minimum atomic E-state index is -1.95. The standard InChI is InChI=1S/C18H22Cl3NO4/c1-10-11(2)14(9-24-15(23)13-7-5-4-6-8-13)25-16(12(10)3)26-17(22)18(19,20)21/h4-8,10-12,14,16,22H,9H2,1-3H3/t10-,11+,12?,14?,16-/m0/s1. The highest BCUT2D eigenvalue weighted by atomic mass is 35.6. The van der Waals surface area contributed by atoms with Gasteiger partial charge in [0.25, 0.3) is 3.79 Å². The molecule has 2 unspecified atom stereocenters. The fourth-order valence-electron chi connectivity index (χ4n) is 2.81. The molecule has 0 aromatic heterocycles. The lowest BCUT2D eigenvalue weighted by atomic mass is 9.79. The van der Waals surface area contributed by atoms with Crippen molar-refractivity contribution in [1.82, 2.24) is 0 Å². The second-order valence-electron chi connectivity index (χ2n) is 6.53. The maximum atomic E-state index is 12.1. The van der Waals surface area contributed by atoms with Crippen molar-refractivity contribution in [2.45, 2.75) is 37.0 Å². The molecule has 0 radical (unpaired) electrons. The largest absolute Gasteiger partial charge is 0.459 e. The Kier molecular flexibility index (Phi) is 7.19. The lowest BCUT2D eigenvalue weighted by Crippen LogP contribution is -2.49. The summed E-state index contributed by atoms with van der Waals surface area (Å²) in [6.45, 7) is 6.11. The van der Waals surface area contributed by atoms with E-state index in [9.17, 15) is 4.79 Å². The number of halogens is 3. The van der Waals surface area contributed by atoms with Crippen molar-refractivity contribution >= 4 is 46.7 Å². The SMILES string of the molecule is CC1[C@H](OC(=N)C(Cl)(Cl)Cl)OC(COC(=O)c2ccccc2)[C@H](C)[C@@H]1C. The first kappa shape index (κ1) is 21.3. The van der Waals surface area contributed by atoms with Crippen LogP contribution in [-0.2, 0) is 14.2 Å². The summed E-state index contributed by atoms with van der Waals surface area (Å²) < 4.78 is 14.8. The van der Waals surface area contributed by atoms with Crippen molar-refractivity contribution in [3.63, 3.8) is 0 Å². The Hall–Kier alpha value is -1.01. The number of hydrogen-bond donors (Lipinski definition) is 1. The monoisotopic (exact) mass is 421 g/mol. The Morgan fingerprint density at radius 2 is 1.73 bits per heavy atom. The zero-order valence-electron chi connectivity index (χ0n) is 14.7. The summed E-state index contributed by atoms with van der Waals surface area (Å²) >= 11 is 17.0. The number of rotatable bonds is 4. The molecule has 1 saturated heterocycles. The van der Waals surface area contributed by atoms with Crippen molar-refractivity contribution in [2.75, 3.05) is 6.61 Å². The molecular weight excluding hydrogens is 401 g/mol. The molecule has 1 N–H and O–H groups in total. The van der Waals surface area contributed by atoms with Gasteiger partial charge < -0.3 is 14.2 Å². The topological polar surface area (TPSA) is 68.6 Å². The van der Waals surface area contributed by atoms with E-state index >= 15 is 0 Å². The number of hydrogen-bond acceptors (Lipinski definition) is 5. The molecule has 0 bridgehead atoms. The average molecular weight is 423 g/mol. The van der Waals surface area contributed by atoms with E-state index < -0.39 is 21.9 Å². The van der Waals surface area contributed by atoms with Crippen LogP contribution in [0.25, 0.3) is 0 Å². The predicted molar refractivity (Wildman–Crippen MR) is 102 cm³/mol. The highest BCUT2D eigenvalue weighted by molar-refractivity contribution is 6.76. The third-order valence-corrected chi connectivity index (χ3v) is 5.38. The number of benzene rings is 1. The average Bonchev–Trinajstić information content (AvgIpc) is 2.60. The number of carbonyl (C=O) groups is 1. The fourth-order valence-corrected chi connectivity index (χ4v) is 2.94. The van der Waals surface area contributed by atoms with Gasteiger partial charge in [-0.05, 0) is 24.0 Å². The zero-order chi connectivity index (χ0) is 19.5. The van der Waals surface area contributed by atoms with Crippen LogP contribution in [-0.4, -0.2) is 34.7 Å². The van der Waals surface area contributed by atoms with Gasteiger partial charge >= 0.3 is 5.97 Å². The third-order valence-electron chi connectivity index (χ3n) is 4.86. The summed E-state index contributed by atoms with van der Waals surface area (Å²) in [5, 5.41) is 7.75. The van der Waals surface area contributed by atoms with Gasteiger partial charge in [-0.25, -0.2) is 4.79 Å². The molecule has 1 aromatic rings. The van der Waals surface area contributed by atoms with Crippen LogP contribution in [0.15, 0.2) is 30.3 Å². The van der Waals surface area contributed by atoms with E-state index in [1.165, 1.54) is 0 Å². The Bertz CT molecular complexity index is 635. The molecule has 1 aliphatic rings. The minimum Gasteiger partial charge on any atom is -0.459 e. The molecule has 5 atom stereocenters. The summed E-state index contributed by atoms with van der Waals surface area (Å²) in [5.74, 6) is -0.633. The Morgan fingerprint density at radius 1 is 1.12 bits per heavy atom. The van der Waals surface area contributed by atoms with Gasteiger partial charge in [-0.2, -0.15) is 0 Å². The van der Waals surface area contributed by atoms with Crippen LogP contribution in [0.4, 0.5) is 0 Å². The molecule has 1 fully saturated rings. The number of alkyl halides is 3. The van der Waals surface area contributed by atoms with E-state index in [4.69, 9.17) is 54.4 Å². The molecule has 0 spiro atoms. The first-order valence-corrected chi connectivity index (χ1v) is 9.44. The maximum Gasteiger partial charge on any atom is 0.338 e. The first-order chi connectivity index (χ1) is 12.1. The highest BCUT2D eigenvalue weighted by Gasteiger charge is 2.43. The Balaban J connectivity index is 2.01. The summed E-state index contributed by atoms with van der Waals surface area (Å²) in [5.41, 5.74) is 0.475. The van der Waals surface area contributed by atoms with E-state index in [0.29, 0.717) is 5.56 Å². The Morgan fingerprint density at radius 3 is 2.31 bits per heavy atom. The smallest absolute Gasteiger partial charge is 0.338 e. The van der Waals surface area contributed by atoms with Gasteiger partial charge in [-0.1, -0.05) is 73.8 Å². The van der Waals surface area contributed by atoms with Crippen molar-refractivity contribution in [3.05, 3.63) is 35.9 Å². The summed E-state index contributed by atoms with van der Waals surface area (Å²) in [6, 6.07) is 8.74. The van der Waals surface area contributed by atoms with Crippen LogP contribution >= 0.6 is 34.8 Å². The van der Waals surface area contributed by atoms with Crippen LogP contribution < -0.4 is 0 Å². The molecule has 5 nitrogen and oxygen atoms in total. The molecule has 26 heavy (non-hydrogen) atoms. The summed E-state index contributed by atoms with van der Waals surface area (Å²) in [6.07, 6.45) is -1.15. The number of carbonyl (C=O) groups excluding carboxylic acids is 1. The van der Waals surface area contributed by atoms with Gasteiger partial charge in [-0.3, -0.25) is 5.41 Å². The number of ether oxygens (including phenoxy) is 3. The van der Waals surface area contributed by atoms with Gasteiger partial charge in [0.05, 0.1) is 11.7 Å². The molecule has 8 heteroatoms. The lowest BCUT2D eigenvalue weighted by molar-refractivity contribution is -0.225. The number of nitrogens with one attached hydrogen (secondary N) is 1. The first-order valence-electron chi connectivity index (χ1n) is 8.31. The molecule has 2 rings (SSSR count). The predicted octanol–water partition coefficient (Wildman–Crippen LogP) is 4.84. The second-order valence-corrected chi connectivity index (χ2v) is 8.81. The summed E-state index contributed by atoms with van der Waals surface area (Å²) in [7, 11) is 0. The van der Waals surface area contributed by atoms with Gasteiger partial charge in [0, 0.05) is 5.92 Å².